The molecule has 0 aliphatic carbocycles. The second kappa shape index (κ2) is 15.4. The molecule has 0 saturated heterocycles. The average molecular weight is 421 g/mol. The Labute approximate surface area is 181 Å². The number of rotatable bonds is 7. The van der Waals surface area contributed by atoms with Gasteiger partial charge in [0, 0.05) is 6.07 Å². The Kier molecular flexibility index (Phi) is 14.1. The van der Waals surface area contributed by atoms with Crippen LogP contribution in [0.1, 0.15) is 38.8 Å². The van der Waals surface area contributed by atoms with Crippen molar-refractivity contribution in [3.63, 3.8) is 0 Å². The van der Waals surface area contributed by atoms with Crippen molar-refractivity contribution in [3.8, 4) is 35.3 Å². The van der Waals surface area contributed by atoms with Crippen LogP contribution in [0.5, 0.6) is 23.0 Å². The number of aryl methyl sites for hydroxylation is 2. The molecule has 0 aliphatic heterocycles. The van der Waals surface area contributed by atoms with Gasteiger partial charge < -0.3 is 18.9 Å². The highest BCUT2D eigenvalue weighted by atomic mass is 35.5. The maximum Gasteiger partial charge on any atom is 0.181 e. The van der Waals surface area contributed by atoms with Crippen LogP contribution in [-0.4, -0.2) is 26.9 Å². The van der Waals surface area contributed by atoms with Gasteiger partial charge in [-0.3, -0.25) is 0 Å². The standard InChI is InChI=1S/C11H11ClO2.C11H16O2.C2H6/c1-4-5-14-11-9(12)6-8(2)7-10(11)13-3;1-4-12-10-7-6-9(3)11(8-10)13-5-2;1-2/h1,6-7H,5H2,2-3H3;6-8H,4-5H2,1-3H3;1-2H3. The van der Waals surface area contributed by atoms with Crippen molar-refractivity contribution < 1.29 is 18.9 Å². The molecule has 0 radical (unpaired) electrons. The molecule has 0 unspecified atom stereocenters. The van der Waals surface area contributed by atoms with Gasteiger partial charge in [0.05, 0.1) is 25.3 Å². The summed E-state index contributed by atoms with van der Waals surface area (Å²) in [7, 11) is 1.56. The zero-order valence-corrected chi connectivity index (χ0v) is 19.4. The van der Waals surface area contributed by atoms with Crippen LogP contribution in [-0.2, 0) is 0 Å². The molecule has 2 rings (SSSR count). The van der Waals surface area contributed by atoms with E-state index in [1.54, 1.807) is 13.2 Å². The van der Waals surface area contributed by atoms with Crippen LogP contribution in [0.25, 0.3) is 0 Å². The number of hydrogen-bond acceptors (Lipinski definition) is 4. The highest BCUT2D eigenvalue weighted by Crippen LogP contribution is 2.36. The van der Waals surface area contributed by atoms with Gasteiger partial charge in [0.1, 0.15) is 18.1 Å². The van der Waals surface area contributed by atoms with E-state index in [0.29, 0.717) is 29.7 Å². The third-order valence-corrected chi connectivity index (χ3v) is 3.72. The van der Waals surface area contributed by atoms with E-state index in [4.69, 9.17) is 37.0 Å². The lowest BCUT2D eigenvalue weighted by Crippen LogP contribution is -1.97. The Balaban J connectivity index is 0.000000499. The van der Waals surface area contributed by atoms with Gasteiger partial charge in [-0.25, -0.2) is 0 Å². The van der Waals surface area contributed by atoms with Crippen molar-refractivity contribution >= 4 is 11.6 Å². The molecule has 0 atom stereocenters. The van der Waals surface area contributed by atoms with Crippen molar-refractivity contribution in [1.82, 2.24) is 0 Å². The maximum absolute atomic E-state index is 5.98. The molecule has 0 amide bonds. The largest absolute Gasteiger partial charge is 0.494 e. The van der Waals surface area contributed by atoms with E-state index in [9.17, 15) is 0 Å². The summed E-state index contributed by atoms with van der Waals surface area (Å²) in [5, 5.41) is 0.511. The van der Waals surface area contributed by atoms with Gasteiger partial charge in [0.25, 0.3) is 0 Å². The Hall–Kier alpha value is -2.51. The van der Waals surface area contributed by atoms with Crippen LogP contribution in [0, 0.1) is 26.2 Å². The zero-order valence-electron chi connectivity index (χ0n) is 18.6. The molecular formula is C24H33ClO4. The highest BCUT2D eigenvalue weighted by molar-refractivity contribution is 6.32. The second-order valence-corrected chi connectivity index (χ2v) is 5.97. The summed E-state index contributed by atoms with van der Waals surface area (Å²) in [5.74, 6) is 5.26. The fourth-order valence-corrected chi connectivity index (χ4v) is 2.57. The summed E-state index contributed by atoms with van der Waals surface area (Å²) in [5.41, 5.74) is 2.16. The molecule has 0 fully saturated rings. The number of hydrogen-bond donors (Lipinski definition) is 0. The fraction of sp³-hybridized carbons (Fsp3) is 0.417. The van der Waals surface area contributed by atoms with Gasteiger partial charge in [0.2, 0.25) is 0 Å². The van der Waals surface area contributed by atoms with Crippen molar-refractivity contribution in [1.29, 1.82) is 0 Å². The molecule has 0 aliphatic rings. The summed E-state index contributed by atoms with van der Waals surface area (Å²) in [6.07, 6.45) is 5.09. The molecule has 0 N–H and O–H groups in total. The zero-order chi connectivity index (χ0) is 22.2. The van der Waals surface area contributed by atoms with E-state index in [0.717, 1.165) is 22.6 Å². The molecule has 0 saturated carbocycles. The molecule has 0 heterocycles. The summed E-state index contributed by atoms with van der Waals surface area (Å²) in [6.45, 7) is 13.5. The van der Waals surface area contributed by atoms with Crippen LogP contribution in [0.4, 0.5) is 0 Å². The minimum atomic E-state index is 0.180. The molecule has 2 aromatic rings. The SMILES string of the molecule is C#CCOc1c(Cl)cc(C)cc1OC.CC.CCOc1ccc(C)c(OCC)c1. The van der Waals surface area contributed by atoms with E-state index in [2.05, 4.69) is 5.92 Å². The lowest BCUT2D eigenvalue weighted by Gasteiger charge is -2.11. The average Bonchev–Trinajstić information content (AvgIpc) is 2.72. The minimum absolute atomic E-state index is 0.180. The molecule has 0 spiro atoms. The topological polar surface area (TPSA) is 36.9 Å². The summed E-state index contributed by atoms with van der Waals surface area (Å²) >= 11 is 5.98. The molecule has 5 heteroatoms. The van der Waals surface area contributed by atoms with Crippen molar-refractivity contribution in [2.45, 2.75) is 41.5 Å². The van der Waals surface area contributed by atoms with Crippen molar-refractivity contribution in [2.24, 2.45) is 0 Å². The fourth-order valence-electron chi connectivity index (χ4n) is 2.25. The molecule has 0 aromatic heterocycles. The van der Waals surface area contributed by atoms with Gasteiger partial charge in [-0.2, -0.15) is 0 Å². The van der Waals surface area contributed by atoms with E-state index in [-0.39, 0.29) is 6.61 Å². The third kappa shape index (κ3) is 9.49. The number of ether oxygens (including phenoxy) is 4. The second-order valence-electron chi connectivity index (χ2n) is 5.56. The Morgan fingerprint density at radius 3 is 2.14 bits per heavy atom. The lowest BCUT2D eigenvalue weighted by molar-refractivity contribution is 0.321. The number of halogens is 1. The predicted molar refractivity (Wildman–Crippen MR) is 122 cm³/mol. The van der Waals surface area contributed by atoms with E-state index in [1.165, 1.54) is 0 Å². The first kappa shape index (κ1) is 26.5. The minimum Gasteiger partial charge on any atom is -0.494 e. The first-order valence-electron chi connectivity index (χ1n) is 9.73. The van der Waals surface area contributed by atoms with Crippen LogP contribution in [0.2, 0.25) is 5.02 Å². The molecule has 0 bridgehead atoms. The lowest BCUT2D eigenvalue weighted by atomic mass is 10.2. The summed E-state index contributed by atoms with van der Waals surface area (Å²) in [4.78, 5) is 0. The van der Waals surface area contributed by atoms with Gasteiger partial charge in [-0.15, -0.1) is 6.42 Å². The first-order chi connectivity index (χ1) is 14.0. The van der Waals surface area contributed by atoms with Crippen molar-refractivity contribution in [2.75, 3.05) is 26.9 Å². The molecule has 29 heavy (non-hydrogen) atoms. The van der Waals surface area contributed by atoms with Gasteiger partial charge in [-0.05, 0) is 57.0 Å². The Bertz CT molecular complexity index is 766. The molecular weight excluding hydrogens is 388 g/mol. The molecule has 160 valence electrons. The first-order valence-corrected chi connectivity index (χ1v) is 10.1. The van der Waals surface area contributed by atoms with E-state index >= 15 is 0 Å². The van der Waals surface area contributed by atoms with Crippen LogP contribution in [0.3, 0.4) is 0 Å². The maximum atomic E-state index is 5.98. The van der Waals surface area contributed by atoms with E-state index < -0.39 is 0 Å². The van der Waals surface area contributed by atoms with Gasteiger partial charge >= 0.3 is 0 Å². The number of terminal acetylenes is 1. The van der Waals surface area contributed by atoms with Crippen LogP contribution >= 0.6 is 11.6 Å². The molecule has 4 nitrogen and oxygen atoms in total. The van der Waals surface area contributed by atoms with Crippen molar-refractivity contribution in [3.05, 3.63) is 46.5 Å². The number of methoxy groups -OCH3 is 1. The highest BCUT2D eigenvalue weighted by Gasteiger charge is 2.09. The van der Waals surface area contributed by atoms with Crippen LogP contribution < -0.4 is 18.9 Å². The predicted octanol–water partition coefficient (Wildman–Crippen LogP) is 6.49. The van der Waals surface area contributed by atoms with Gasteiger partial charge in [0.15, 0.2) is 11.5 Å². The van der Waals surface area contributed by atoms with E-state index in [1.807, 2.05) is 65.8 Å². The Morgan fingerprint density at radius 1 is 0.931 bits per heavy atom. The monoisotopic (exact) mass is 420 g/mol. The quantitative estimate of drug-likeness (QED) is 0.480. The summed E-state index contributed by atoms with van der Waals surface area (Å²) in [6, 6.07) is 9.55. The Morgan fingerprint density at radius 2 is 1.59 bits per heavy atom. The summed E-state index contributed by atoms with van der Waals surface area (Å²) < 4.78 is 21.2. The normalized spacial score (nSPS) is 9.07. The third-order valence-electron chi connectivity index (χ3n) is 3.44. The van der Waals surface area contributed by atoms with Crippen LogP contribution in [0.15, 0.2) is 30.3 Å². The smallest absolute Gasteiger partial charge is 0.181 e. The molecule has 2 aromatic carbocycles. The van der Waals surface area contributed by atoms with Gasteiger partial charge in [-0.1, -0.05) is 37.4 Å². The number of benzene rings is 2.